The Balaban J connectivity index is 1.70. The number of hydrogen-bond donors (Lipinski definition) is 0. The van der Waals surface area contributed by atoms with Gasteiger partial charge < -0.3 is 14.1 Å². The van der Waals surface area contributed by atoms with Crippen molar-refractivity contribution in [2.24, 2.45) is 5.41 Å². The van der Waals surface area contributed by atoms with Gasteiger partial charge in [-0.1, -0.05) is 37.1 Å². The van der Waals surface area contributed by atoms with Gasteiger partial charge in [0.1, 0.15) is 5.52 Å². The van der Waals surface area contributed by atoms with Crippen LogP contribution in [0, 0.1) is 5.41 Å². The molecule has 0 saturated carbocycles. The number of ether oxygens (including phenoxy) is 1. The average Bonchev–Trinajstić information content (AvgIpc) is 2.93. The Kier molecular flexibility index (Phi) is 5.10. The van der Waals surface area contributed by atoms with Crippen molar-refractivity contribution in [3.63, 3.8) is 0 Å². The molecule has 0 spiro atoms. The largest absolute Gasteiger partial charge is 0.440 e. The molecule has 1 amide bonds. The molecule has 3 rings (SSSR count). The van der Waals surface area contributed by atoms with Gasteiger partial charge in [-0.05, 0) is 50.0 Å². The molecule has 0 fully saturated rings. The first kappa shape index (κ1) is 18.5. The normalized spacial score (nSPS) is 16.2. The first-order valence-corrected chi connectivity index (χ1v) is 9.04. The molecule has 0 aliphatic heterocycles. The van der Waals surface area contributed by atoms with Gasteiger partial charge in [0.2, 0.25) is 0 Å². The van der Waals surface area contributed by atoms with Crippen LogP contribution in [0.4, 0.5) is 0 Å². The van der Waals surface area contributed by atoms with E-state index in [1.807, 2.05) is 6.92 Å². The second-order valence-electron chi connectivity index (χ2n) is 7.21. The molecule has 138 valence electrons. The fraction of sp³-hybridized carbons (Fsp3) is 0.400. The monoisotopic (exact) mass is 374 g/mol. The van der Waals surface area contributed by atoms with E-state index in [1.54, 1.807) is 23.1 Å². The quantitative estimate of drug-likeness (QED) is 0.741. The lowest BCUT2D eigenvalue weighted by Crippen LogP contribution is -2.36. The number of carbonyl (C=O) groups is 1. The second kappa shape index (κ2) is 7.16. The van der Waals surface area contributed by atoms with Crippen LogP contribution in [-0.2, 0) is 4.79 Å². The van der Waals surface area contributed by atoms with Crippen molar-refractivity contribution in [2.75, 3.05) is 13.2 Å². The summed E-state index contributed by atoms with van der Waals surface area (Å²) >= 11 is 5.94. The Morgan fingerprint density at radius 1 is 1.42 bits per heavy atom. The van der Waals surface area contributed by atoms with Gasteiger partial charge in [-0.3, -0.25) is 4.79 Å². The van der Waals surface area contributed by atoms with E-state index in [-0.39, 0.29) is 24.0 Å². The summed E-state index contributed by atoms with van der Waals surface area (Å²) in [5.74, 6) is -0.121. The van der Waals surface area contributed by atoms with E-state index in [9.17, 15) is 4.79 Å². The average molecular weight is 375 g/mol. The third-order valence-corrected chi connectivity index (χ3v) is 4.50. The third kappa shape index (κ3) is 4.10. The van der Waals surface area contributed by atoms with E-state index in [0.717, 1.165) is 12.1 Å². The van der Waals surface area contributed by atoms with E-state index >= 15 is 0 Å². The van der Waals surface area contributed by atoms with Crippen LogP contribution in [0.25, 0.3) is 11.1 Å². The molecule has 1 aromatic heterocycles. The van der Waals surface area contributed by atoms with Crippen molar-refractivity contribution in [2.45, 2.75) is 34.1 Å². The van der Waals surface area contributed by atoms with Gasteiger partial charge in [0, 0.05) is 17.3 Å². The Morgan fingerprint density at radius 2 is 2.19 bits per heavy atom. The summed E-state index contributed by atoms with van der Waals surface area (Å²) in [6, 6.07) is 5.13. The van der Waals surface area contributed by atoms with Crippen LogP contribution < -0.4 is 4.74 Å². The van der Waals surface area contributed by atoms with Gasteiger partial charge in [0.05, 0.1) is 0 Å². The Labute approximate surface area is 158 Å². The van der Waals surface area contributed by atoms with E-state index in [0.29, 0.717) is 22.7 Å². The molecule has 0 bridgehead atoms. The number of amides is 1. The van der Waals surface area contributed by atoms with Gasteiger partial charge in [-0.25, -0.2) is 0 Å². The summed E-state index contributed by atoms with van der Waals surface area (Å²) in [4.78, 5) is 18.7. The third-order valence-electron chi connectivity index (χ3n) is 4.26. The first-order chi connectivity index (χ1) is 12.3. The van der Waals surface area contributed by atoms with Gasteiger partial charge >= 0.3 is 6.08 Å². The number of aromatic nitrogens is 1. The molecule has 0 N–H and O–H groups in total. The fourth-order valence-corrected chi connectivity index (χ4v) is 3.51. The smallest absolute Gasteiger partial charge is 0.395 e. The zero-order chi connectivity index (χ0) is 18.9. The summed E-state index contributed by atoms with van der Waals surface area (Å²) in [7, 11) is 0. The number of halogens is 1. The Hall–Kier alpha value is -2.27. The molecule has 0 atom stereocenters. The van der Waals surface area contributed by atoms with Crippen molar-refractivity contribution in [1.82, 2.24) is 9.88 Å². The van der Waals surface area contributed by atoms with Gasteiger partial charge in [0.25, 0.3) is 5.91 Å². The number of hydrogen-bond acceptors (Lipinski definition) is 4. The highest BCUT2D eigenvalue weighted by atomic mass is 35.5. The van der Waals surface area contributed by atoms with E-state index in [1.165, 1.54) is 5.57 Å². The molecule has 0 saturated heterocycles. The standard InChI is InChI=1S/C20H23ClN2O3/c1-5-23(15-8-13(2)10-20(3,4)11-15)18(24)12-25-19-22-16-9-14(21)6-7-17(16)26-19/h6-10H,5,11-12H2,1-4H3. The van der Waals surface area contributed by atoms with Gasteiger partial charge in [-0.2, -0.15) is 4.98 Å². The van der Waals surface area contributed by atoms with Crippen molar-refractivity contribution in [1.29, 1.82) is 0 Å². The minimum absolute atomic E-state index is 0.0300. The number of rotatable bonds is 5. The molecule has 2 aromatic rings. The predicted octanol–water partition coefficient (Wildman–Crippen LogP) is 4.97. The van der Waals surface area contributed by atoms with Crippen LogP contribution >= 0.6 is 11.6 Å². The van der Waals surface area contributed by atoms with Crippen molar-refractivity contribution in [3.8, 4) is 6.08 Å². The fourth-order valence-electron chi connectivity index (χ4n) is 3.35. The summed E-state index contributed by atoms with van der Waals surface area (Å²) in [6.07, 6.45) is 5.18. The molecular weight excluding hydrogens is 352 g/mol. The summed E-state index contributed by atoms with van der Waals surface area (Å²) < 4.78 is 11.0. The Bertz CT molecular complexity index is 896. The minimum atomic E-state index is -0.130. The second-order valence-corrected chi connectivity index (χ2v) is 7.64. The maximum Gasteiger partial charge on any atom is 0.395 e. The lowest BCUT2D eigenvalue weighted by molar-refractivity contribution is -0.131. The highest BCUT2D eigenvalue weighted by Gasteiger charge is 2.26. The maximum atomic E-state index is 12.7. The number of carbonyl (C=O) groups excluding carboxylic acids is 1. The summed E-state index contributed by atoms with van der Waals surface area (Å²) in [6.45, 7) is 8.80. The van der Waals surface area contributed by atoms with Crippen LogP contribution in [0.15, 0.2) is 46.0 Å². The lowest BCUT2D eigenvalue weighted by Gasteiger charge is -2.33. The molecule has 1 aliphatic rings. The van der Waals surface area contributed by atoms with Gasteiger partial charge in [0.15, 0.2) is 12.2 Å². The molecule has 5 nitrogen and oxygen atoms in total. The number of allylic oxidation sites excluding steroid dienone is 4. The number of nitrogens with zero attached hydrogens (tertiary/aromatic N) is 2. The number of fused-ring (bicyclic) bond motifs is 1. The number of likely N-dealkylation sites (N-methyl/N-ethyl adjacent to an activating group) is 1. The zero-order valence-corrected chi connectivity index (χ0v) is 16.3. The van der Waals surface area contributed by atoms with Crippen LogP contribution in [0.2, 0.25) is 5.02 Å². The zero-order valence-electron chi connectivity index (χ0n) is 15.5. The number of oxazole rings is 1. The van der Waals surface area contributed by atoms with Crippen LogP contribution in [0.5, 0.6) is 6.08 Å². The molecular formula is C20H23ClN2O3. The maximum absolute atomic E-state index is 12.7. The highest BCUT2D eigenvalue weighted by Crippen LogP contribution is 2.34. The molecule has 1 heterocycles. The van der Waals surface area contributed by atoms with Crippen LogP contribution in [0.1, 0.15) is 34.1 Å². The van der Waals surface area contributed by atoms with Crippen molar-refractivity contribution < 1.29 is 13.9 Å². The predicted molar refractivity (Wildman–Crippen MR) is 102 cm³/mol. The first-order valence-electron chi connectivity index (χ1n) is 8.67. The molecule has 6 heteroatoms. The Morgan fingerprint density at radius 3 is 2.88 bits per heavy atom. The molecule has 0 unspecified atom stereocenters. The topological polar surface area (TPSA) is 55.6 Å². The molecule has 0 radical (unpaired) electrons. The molecule has 1 aromatic carbocycles. The lowest BCUT2D eigenvalue weighted by atomic mass is 9.81. The summed E-state index contributed by atoms with van der Waals surface area (Å²) in [5.41, 5.74) is 3.38. The van der Waals surface area contributed by atoms with Crippen molar-refractivity contribution >= 4 is 28.6 Å². The van der Waals surface area contributed by atoms with Crippen LogP contribution in [0.3, 0.4) is 0 Å². The van der Waals surface area contributed by atoms with Crippen LogP contribution in [-0.4, -0.2) is 28.9 Å². The van der Waals surface area contributed by atoms with Gasteiger partial charge in [-0.15, -0.1) is 0 Å². The highest BCUT2D eigenvalue weighted by molar-refractivity contribution is 6.31. The number of benzene rings is 1. The van der Waals surface area contributed by atoms with Crippen molar-refractivity contribution in [3.05, 3.63) is 46.6 Å². The van der Waals surface area contributed by atoms with E-state index in [2.05, 4.69) is 37.9 Å². The minimum Gasteiger partial charge on any atom is -0.440 e. The van der Waals surface area contributed by atoms with E-state index in [4.69, 9.17) is 20.8 Å². The summed E-state index contributed by atoms with van der Waals surface area (Å²) in [5, 5.41) is 0.570. The van der Waals surface area contributed by atoms with E-state index < -0.39 is 0 Å². The SMILES string of the molecule is CCN(C(=O)COc1nc2cc(Cl)ccc2o1)C1=CC(C)=CC(C)(C)C1. The molecule has 26 heavy (non-hydrogen) atoms. The molecule has 1 aliphatic carbocycles.